The van der Waals surface area contributed by atoms with Crippen LogP contribution >= 0.6 is 0 Å². The number of anilines is 2. The lowest BCUT2D eigenvalue weighted by atomic mass is 10.2. The Labute approximate surface area is 126 Å². The van der Waals surface area contributed by atoms with Crippen molar-refractivity contribution in [2.24, 2.45) is 0 Å². The lowest BCUT2D eigenvalue weighted by Crippen LogP contribution is -2.36. The molecule has 7 heteroatoms. The molecular weight excluding hydrogens is 286 g/mol. The van der Waals surface area contributed by atoms with Crippen molar-refractivity contribution in [3.05, 3.63) is 53.5 Å². The van der Waals surface area contributed by atoms with Gasteiger partial charge in [-0.05, 0) is 31.2 Å². The minimum absolute atomic E-state index is 0.0193. The summed E-state index contributed by atoms with van der Waals surface area (Å²) in [7, 11) is 0. The number of benzene rings is 1. The maximum absolute atomic E-state index is 12.1. The van der Waals surface area contributed by atoms with Crippen LogP contribution in [-0.2, 0) is 4.79 Å². The van der Waals surface area contributed by atoms with Crippen molar-refractivity contribution in [1.82, 2.24) is 0 Å². The van der Waals surface area contributed by atoms with Crippen LogP contribution in [0.15, 0.2) is 42.6 Å². The molecule has 1 aliphatic heterocycles. The van der Waals surface area contributed by atoms with Crippen molar-refractivity contribution < 1.29 is 19.1 Å². The van der Waals surface area contributed by atoms with Gasteiger partial charge in [-0.15, -0.1) is 0 Å². The minimum atomic E-state index is -0.559. The normalized spacial score (nSPS) is 16.2. The zero-order valence-corrected chi connectivity index (χ0v) is 11.7. The van der Waals surface area contributed by atoms with E-state index in [0.717, 1.165) is 0 Å². The van der Waals surface area contributed by atoms with Gasteiger partial charge < -0.3 is 20.6 Å². The molecule has 0 saturated heterocycles. The number of fused-ring (bicyclic) bond motifs is 1. The van der Waals surface area contributed by atoms with Crippen molar-refractivity contribution in [1.29, 1.82) is 0 Å². The van der Waals surface area contributed by atoms with Gasteiger partial charge in [0.15, 0.2) is 12.3 Å². The highest BCUT2D eigenvalue weighted by Crippen LogP contribution is 2.32. The van der Waals surface area contributed by atoms with Crippen LogP contribution in [0, 0.1) is 5.21 Å². The summed E-state index contributed by atoms with van der Waals surface area (Å²) in [6, 6.07) is 9.43. The molecule has 2 amide bonds. The molecule has 2 heterocycles. The molecular formula is C15H13N3O4. The first kappa shape index (κ1) is 13.9. The summed E-state index contributed by atoms with van der Waals surface area (Å²) in [6.07, 6.45) is 0.689. The average Bonchev–Trinajstić information content (AvgIpc) is 2.49. The van der Waals surface area contributed by atoms with Gasteiger partial charge in [0.05, 0.1) is 5.69 Å². The lowest BCUT2D eigenvalue weighted by molar-refractivity contribution is -0.607. The van der Waals surface area contributed by atoms with Crippen molar-refractivity contribution in [2.45, 2.75) is 13.0 Å². The lowest BCUT2D eigenvalue weighted by Gasteiger charge is -2.23. The number of amides is 2. The van der Waals surface area contributed by atoms with Gasteiger partial charge in [-0.1, -0.05) is 0 Å². The SMILES string of the molecule is CC1Oc2ccc(NC(=O)c3cccc[n+]3[O-])cc2NC1=O. The molecule has 0 radical (unpaired) electrons. The quantitative estimate of drug-likeness (QED) is 0.645. The zero-order valence-electron chi connectivity index (χ0n) is 11.7. The second-order valence-corrected chi connectivity index (χ2v) is 4.83. The number of ether oxygens (including phenoxy) is 1. The first-order valence-corrected chi connectivity index (χ1v) is 6.66. The Morgan fingerprint density at radius 1 is 1.36 bits per heavy atom. The second-order valence-electron chi connectivity index (χ2n) is 4.83. The Bertz CT molecular complexity index is 760. The molecule has 1 aromatic carbocycles. The van der Waals surface area contributed by atoms with E-state index in [1.165, 1.54) is 18.3 Å². The van der Waals surface area contributed by atoms with E-state index in [9.17, 15) is 14.8 Å². The molecule has 1 atom stereocenters. The largest absolute Gasteiger partial charge is 0.618 e. The molecule has 0 spiro atoms. The van der Waals surface area contributed by atoms with Crippen molar-refractivity contribution in [2.75, 3.05) is 10.6 Å². The standard InChI is InChI=1S/C15H13N3O4/c1-9-14(19)17-11-8-10(5-6-13(11)22-9)16-15(20)12-4-2-3-7-18(12)21/h2-9H,1H3,(H,16,20)(H,17,19). The number of pyridine rings is 1. The van der Waals surface area contributed by atoms with E-state index >= 15 is 0 Å². The maximum Gasteiger partial charge on any atom is 0.321 e. The number of rotatable bonds is 2. The van der Waals surface area contributed by atoms with Crippen LogP contribution in [0.25, 0.3) is 0 Å². The average molecular weight is 299 g/mol. The predicted octanol–water partition coefficient (Wildman–Crippen LogP) is 1.29. The molecule has 1 unspecified atom stereocenters. The summed E-state index contributed by atoms with van der Waals surface area (Å²) in [5.41, 5.74) is 0.907. The molecule has 0 saturated carbocycles. The molecule has 1 aromatic heterocycles. The molecule has 22 heavy (non-hydrogen) atoms. The summed E-state index contributed by atoms with van der Waals surface area (Å²) in [4.78, 5) is 23.7. The fourth-order valence-corrected chi connectivity index (χ4v) is 2.09. The third-order valence-electron chi connectivity index (χ3n) is 3.23. The topological polar surface area (TPSA) is 94.4 Å². The summed E-state index contributed by atoms with van der Waals surface area (Å²) in [6.45, 7) is 1.65. The summed E-state index contributed by atoms with van der Waals surface area (Å²) >= 11 is 0. The van der Waals surface area contributed by atoms with Crippen LogP contribution in [0.5, 0.6) is 5.75 Å². The zero-order chi connectivity index (χ0) is 15.7. The molecule has 0 fully saturated rings. The third kappa shape index (κ3) is 2.56. The van der Waals surface area contributed by atoms with Crippen LogP contribution in [0.2, 0.25) is 0 Å². The number of carbonyl (C=O) groups is 2. The van der Waals surface area contributed by atoms with Gasteiger partial charge in [0.25, 0.3) is 11.6 Å². The molecule has 7 nitrogen and oxygen atoms in total. The molecule has 0 aliphatic carbocycles. The Morgan fingerprint density at radius 2 is 2.18 bits per heavy atom. The second kappa shape index (κ2) is 5.36. The van der Waals surface area contributed by atoms with E-state index in [1.807, 2.05) is 0 Å². The van der Waals surface area contributed by atoms with Crippen LogP contribution in [0.1, 0.15) is 17.4 Å². The first-order chi connectivity index (χ1) is 10.5. The van der Waals surface area contributed by atoms with Crippen LogP contribution < -0.4 is 20.1 Å². The molecule has 2 N–H and O–H groups in total. The molecule has 1 aliphatic rings. The predicted molar refractivity (Wildman–Crippen MR) is 78.5 cm³/mol. The van der Waals surface area contributed by atoms with Gasteiger partial charge in [0.1, 0.15) is 5.75 Å². The summed E-state index contributed by atoms with van der Waals surface area (Å²) in [5, 5.41) is 16.8. The number of nitrogens with zero attached hydrogens (tertiary/aromatic N) is 1. The van der Waals surface area contributed by atoms with Crippen molar-refractivity contribution in [3.8, 4) is 5.75 Å². The van der Waals surface area contributed by atoms with Gasteiger partial charge in [0.2, 0.25) is 0 Å². The van der Waals surface area contributed by atoms with E-state index in [-0.39, 0.29) is 11.6 Å². The number of nitrogens with one attached hydrogen (secondary N) is 2. The van der Waals surface area contributed by atoms with Gasteiger partial charge in [0, 0.05) is 17.8 Å². The summed E-state index contributed by atoms with van der Waals surface area (Å²) < 4.78 is 5.92. The smallest absolute Gasteiger partial charge is 0.321 e. The van der Waals surface area contributed by atoms with Crippen LogP contribution in [0.3, 0.4) is 0 Å². The highest BCUT2D eigenvalue weighted by molar-refractivity contribution is 6.03. The van der Waals surface area contributed by atoms with E-state index in [0.29, 0.717) is 21.9 Å². The molecule has 3 rings (SSSR count). The Balaban J connectivity index is 1.82. The third-order valence-corrected chi connectivity index (χ3v) is 3.23. The molecule has 2 aromatic rings. The van der Waals surface area contributed by atoms with E-state index < -0.39 is 12.0 Å². The Kier molecular flexibility index (Phi) is 3.38. The Morgan fingerprint density at radius 3 is 2.95 bits per heavy atom. The number of hydrogen-bond donors (Lipinski definition) is 2. The van der Waals surface area contributed by atoms with Crippen LogP contribution in [0.4, 0.5) is 11.4 Å². The highest BCUT2D eigenvalue weighted by atomic mass is 16.5. The highest BCUT2D eigenvalue weighted by Gasteiger charge is 2.24. The molecule has 112 valence electrons. The fraction of sp³-hybridized carbons (Fsp3) is 0.133. The van der Waals surface area contributed by atoms with E-state index in [1.54, 1.807) is 31.2 Å². The number of aromatic nitrogens is 1. The van der Waals surface area contributed by atoms with Crippen LogP contribution in [-0.4, -0.2) is 17.9 Å². The maximum atomic E-state index is 12.1. The Hall–Kier alpha value is -3.09. The number of hydrogen-bond acceptors (Lipinski definition) is 4. The van der Waals surface area contributed by atoms with Gasteiger partial charge in [-0.2, -0.15) is 4.73 Å². The monoisotopic (exact) mass is 299 g/mol. The number of carbonyl (C=O) groups excluding carboxylic acids is 2. The molecule has 0 bridgehead atoms. The first-order valence-electron chi connectivity index (χ1n) is 6.66. The summed E-state index contributed by atoms with van der Waals surface area (Å²) in [5.74, 6) is -0.257. The van der Waals surface area contributed by atoms with Gasteiger partial charge in [-0.3, -0.25) is 9.59 Å². The van der Waals surface area contributed by atoms with Crippen molar-refractivity contribution >= 4 is 23.2 Å². The van der Waals surface area contributed by atoms with E-state index in [2.05, 4.69) is 10.6 Å². The van der Waals surface area contributed by atoms with Gasteiger partial charge in [-0.25, -0.2) is 0 Å². The fourth-order valence-electron chi connectivity index (χ4n) is 2.09. The minimum Gasteiger partial charge on any atom is -0.618 e. The van der Waals surface area contributed by atoms with E-state index in [4.69, 9.17) is 4.74 Å². The van der Waals surface area contributed by atoms with Crippen molar-refractivity contribution in [3.63, 3.8) is 0 Å². The van der Waals surface area contributed by atoms with Gasteiger partial charge >= 0.3 is 5.91 Å².